The number of alkyl halides is 3. The number of carbonyl (C=O) groups excluding carboxylic acids is 2. The second-order valence-corrected chi connectivity index (χ2v) is 6.72. The van der Waals surface area contributed by atoms with E-state index in [-0.39, 0.29) is 29.0 Å². The van der Waals surface area contributed by atoms with Crippen LogP contribution in [0, 0.1) is 0 Å². The van der Waals surface area contributed by atoms with E-state index in [0.717, 1.165) is 12.1 Å². The van der Waals surface area contributed by atoms with Crippen molar-refractivity contribution in [1.82, 2.24) is 20.1 Å². The van der Waals surface area contributed by atoms with Crippen molar-refractivity contribution in [2.24, 2.45) is 0 Å². The number of aromatic nitrogens is 1. The number of anilines is 2. The predicted molar refractivity (Wildman–Crippen MR) is 106 cm³/mol. The fraction of sp³-hybridized carbons (Fsp3) is 0.350. The average molecular weight is 421 g/mol. The first kappa shape index (κ1) is 21.4. The Kier molecular flexibility index (Phi) is 6.43. The van der Waals surface area contributed by atoms with Crippen LogP contribution in [0.25, 0.3) is 0 Å². The Labute approximate surface area is 171 Å². The Balaban J connectivity index is 1.73. The second-order valence-electron chi connectivity index (χ2n) is 6.72. The van der Waals surface area contributed by atoms with E-state index in [1.54, 1.807) is 21.9 Å². The number of halogens is 3. The van der Waals surface area contributed by atoms with Gasteiger partial charge < -0.3 is 20.4 Å². The molecule has 0 radical (unpaired) electrons. The first-order valence-corrected chi connectivity index (χ1v) is 9.51. The number of nitrogens with zero attached hydrogens (tertiary/aromatic N) is 3. The lowest BCUT2D eigenvalue weighted by molar-refractivity contribution is -0.137. The number of urea groups is 1. The summed E-state index contributed by atoms with van der Waals surface area (Å²) in [6, 6.07) is 7.70. The summed E-state index contributed by atoms with van der Waals surface area (Å²) in [7, 11) is 0. The van der Waals surface area contributed by atoms with Crippen LogP contribution in [0.4, 0.5) is 29.5 Å². The van der Waals surface area contributed by atoms with Crippen molar-refractivity contribution in [1.29, 1.82) is 0 Å². The topological polar surface area (TPSA) is 77.6 Å². The van der Waals surface area contributed by atoms with Crippen LogP contribution in [0.5, 0.6) is 0 Å². The molecule has 1 aliphatic heterocycles. The van der Waals surface area contributed by atoms with Gasteiger partial charge in [-0.3, -0.25) is 4.79 Å². The molecule has 30 heavy (non-hydrogen) atoms. The van der Waals surface area contributed by atoms with Gasteiger partial charge in [-0.15, -0.1) is 0 Å². The Hall–Kier alpha value is -3.30. The zero-order valence-corrected chi connectivity index (χ0v) is 16.4. The fourth-order valence-corrected chi connectivity index (χ4v) is 3.13. The quantitative estimate of drug-likeness (QED) is 0.794. The third-order valence-electron chi connectivity index (χ3n) is 4.67. The van der Waals surface area contributed by atoms with Gasteiger partial charge in [0.2, 0.25) is 0 Å². The Morgan fingerprint density at radius 2 is 1.77 bits per heavy atom. The van der Waals surface area contributed by atoms with Crippen molar-refractivity contribution < 1.29 is 22.8 Å². The highest BCUT2D eigenvalue weighted by Crippen LogP contribution is 2.31. The van der Waals surface area contributed by atoms with E-state index in [9.17, 15) is 22.8 Å². The van der Waals surface area contributed by atoms with Gasteiger partial charge in [0.05, 0.1) is 11.1 Å². The number of hydrogen-bond acceptors (Lipinski definition) is 4. The molecular weight excluding hydrogens is 399 g/mol. The van der Waals surface area contributed by atoms with Gasteiger partial charge in [-0.1, -0.05) is 6.07 Å². The molecule has 0 aliphatic carbocycles. The van der Waals surface area contributed by atoms with Crippen LogP contribution in [-0.2, 0) is 6.18 Å². The SMILES string of the molecule is CCNC(=O)N1CCN(C(=O)c2cccnc2Nc2cccc(C(F)(F)F)c2)CC1. The van der Waals surface area contributed by atoms with Gasteiger partial charge >= 0.3 is 12.2 Å². The van der Waals surface area contributed by atoms with E-state index < -0.39 is 11.7 Å². The maximum absolute atomic E-state index is 13.0. The van der Waals surface area contributed by atoms with E-state index >= 15 is 0 Å². The summed E-state index contributed by atoms with van der Waals surface area (Å²) >= 11 is 0. The number of piperazine rings is 1. The smallest absolute Gasteiger partial charge is 0.340 e. The van der Waals surface area contributed by atoms with Gasteiger partial charge in [0.15, 0.2) is 0 Å². The van der Waals surface area contributed by atoms with Crippen molar-refractivity contribution in [3.63, 3.8) is 0 Å². The standard InChI is InChI=1S/C20H22F3N5O2/c1-2-24-19(30)28-11-9-27(10-12-28)18(29)16-7-4-8-25-17(16)26-15-6-3-5-14(13-15)20(21,22)23/h3-8,13H,2,9-12H2,1H3,(H,24,30)(H,25,26). The molecule has 0 spiro atoms. The predicted octanol–water partition coefficient (Wildman–Crippen LogP) is 3.33. The number of benzene rings is 1. The monoisotopic (exact) mass is 421 g/mol. The lowest BCUT2D eigenvalue weighted by Crippen LogP contribution is -2.53. The molecule has 10 heteroatoms. The van der Waals surface area contributed by atoms with Crippen molar-refractivity contribution in [2.45, 2.75) is 13.1 Å². The summed E-state index contributed by atoms with van der Waals surface area (Å²) in [5, 5.41) is 5.54. The van der Waals surface area contributed by atoms with Crippen molar-refractivity contribution in [3.8, 4) is 0 Å². The second kappa shape index (κ2) is 9.02. The Morgan fingerprint density at radius 1 is 1.07 bits per heavy atom. The molecule has 160 valence electrons. The van der Waals surface area contributed by atoms with Gasteiger partial charge in [0.25, 0.3) is 5.91 Å². The molecule has 7 nitrogen and oxygen atoms in total. The zero-order chi connectivity index (χ0) is 21.7. The van der Waals surface area contributed by atoms with Gasteiger partial charge in [0.1, 0.15) is 5.82 Å². The van der Waals surface area contributed by atoms with Crippen LogP contribution in [0.15, 0.2) is 42.6 Å². The first-order valence-electron chi connectivity index (χ1n) is 9.51. The van der Waals surface area contributed by atoms with Gasteiger partial charge in [-0.25, -0.2) is 9.78 Å². The molecule has 3 rings (SSSR count). The summed E-state index contributed by atoms with van der Waals surface area (Å²) in [5.74, 6) is -0.124. The summed E-state index contributed by atoms with van der Waals surface area (Å²) in [4.78, 5) is 32.3. The number of amides is 3. The number of nitrogens with one attached hydrogen (secondary N) is 2. The zero-order valence-electron chi connectivity index (χ0n) is 16.4. The maximum Gasteiger partial charge on any atom is 0.416 e. The Bertz CT molecular complexity index is 911. The Morgan fingerprint density at radius 3 is 2.43 bits per heavy atom. The molecular formula is C20H22F3N5O2. The van der Waals surface area contributed by atoms with Gasteiger partial charge in [-0.2, -0.15) is 13.2 Å². The minimum atomic E-state index is -4.47. The molecule has 1 aromatic carbocycles. The maximum atomic E-state index is 13.0. The highest BCUT2D eigenvalue weighted by atomic mass is 19.4. The summed E-state index contributed by atoms with van der Waals surface area (Å²) < 4.78 is 38.9. The van der Waals surface area contributed by atoms with E-state index in [4.69, 9.17) is 0 Å². The molecule has 1 saturated heterocycles. The average Bonchev–Trinajstić information content (AvgIpc) is 2.73. The molecule has 3 amide bonds. The summed E-state index contributed by atoms with van der Waals surface area (Å²) in [5.41, 5.74) is -0.363. The van der Waals surface area contributed by atoms with Crippen LogP contribution in [-0.4, -0.2) is 59.4 Å². The molecule has 1 aliphatic rings. The third-order valence-corrected chi connectivity index (χ3v) is 4.67. The summed E-state index contributed by atoms with van der Waals surface area (Å²) in [6.45, 7) is 3.86. The van der Waals surface area contributed by atoms with Crippen molar-refractivity contribution >= 4 is 23.4 Å². The molecule has 0 saturated carbocycles. The lowest BCUT2D eigenvalue weighted by atomic mass is 10.1. The molecule has 1 fully saturated rings. The highest BCUT2D eigenvalue weighted by molar-refractivity contribution is 5.99. The molecule has 0 unspecified atom stereocenters. The molecule has 0 atom stereocenters. The van der Waals surface area contributed by atoms with Crippen LogP contribution < -0.4 is 10.6 Å². The normalized spacial score (nSPS) is 14.4. The van der Waals surface area contributed by atoms with Crippen LogP contribution in [0.2, 0.25) is 0 Å². The van der Waals surface area contributed by atoms with Crippen LogP contribution >= 0.6 is 0 Å². The van der Waals surface area contributed by atoms with Crippen LogP contribution in [0.1, 0.15) is 22.8 Å². The number of hydrogen-bond donors (Lipinski definition) is 2. The largest absolute Gasteiger partial charge is 0.416 e. The van der Waals surface area contributed by atoms with Crippen LogP contribution in [0.3, 0.4) is 0 Å². The first-order chi connectivity index (χ1) is 14.3. The number of rotatable bonds is 4. The minimum absolute atomic E-state index is 0.169. The summed E-state index contributed by atoms with van der Waals surface area (Å²) in [6.07, 6.45) is -3.01. The van der Waals surface area contributed by atoms with E-state index in [1.807, 2.05) is 6.92 Å². The number of pyridine rings is 1. The van der Waals surface area contributed by atoms with Crippen molar-refractivity contribution in [3.05, 3.63) is 53.7 Å². The van der Waals surface area contributed by atoms with Crippen molar-refractivity contribution in [2.75, 3.05) is 38.0 Å². The molecule has 1 aromatic heterocycles. The lowest BCUT2D eigenvalue weighted by Gasteiger charge is -2.34. The molecule has 2 N–H and O–H groups in total. The minimum Gasteiger partial charge on any atom is -0.340 e. The van der Waals surface area contributed by atoms with Gasteiger partial charge in [0, 0.05) is 44.6 Å². The third kappa shape index (κ3) is 5.00. The molecule has 0 bridgehead atoms. The number of carbonyl (C=O) groups is 2. The van der Waals surface area contributed by atoms with E-state index in [2.05, 4.69) is 15.6 Å². The van der Waals surface area contributed by atoms with E-state index in [0.29, 0.717) is 32.7 Å². The fourth-order valence-electron chi connectivity index (χ4n) is 3.13. The molecule has 2 aromatic rings. The molecule has 2 heterocycles. The van der Waals surface area contributed by atoms with Gasteiger partial charge in [-0.05, 0) is 37.3 Å². The highest BCUT2D eigenvalue weighted by Gasteiger charge is 2.31. The van der Waals surface area contributed by atoms with E-state index in [1.165, 1.54) is 18.3 Å².